The van der Waals surface area contributed by atoms with Crippen LogP contribution in [-0.2, 0) is 11.0 Å². The topological polar surface area (TPSA) is 42.8 Å². The molecule has 4 nitrogen and oxygen atoms in total. The monoisotopic (exact) mass is 353 g/mol. The highest BCUT2D eigenvalue weighted by Crippen LogP contribution is 2.29. The molecule has 2 rings (SSSR count). The van der Waals surface area contributed by atoms with Crippen LogP contribution < -0.4 is 15.0 Å². The number of hydrogen-bond acceptors (Lipinski definition) is 2. The van der Waals surface area contributed by atoms with Gasteiger partial charge in [-0.1, -0.05) is 18.2 Å². The van der Waals surface area contributed by atoms with E-state index >= 15 is 0 Å². The fraction of sp³-hybridized carbons (Fsp3) is 0.278. The number of benzene rings is 2. The maximum absolute atomic E-state index is 12.5. The van der Waals surface area contributed by atoms with Gasteiger partial charge in [0.05, 0.1) is 12.6 Å². The van der Waals surface area contributed by atoms with E-state index in [1.165, 1.54) is 12.1 Å². The van der Waals surface area contributed by atoms with Gasteiger partial charge in [-0.05, 0) is 36.4 Å². The third-order valence-electron chi connectivity index (χ3n) is 3.50. The molecule has 25 heavy (non-hydrogen) atoms. The van der Waals surface area contributed by atoms with Crippen LogP contribution in [0.1, 0.15) is 5.56 Å². The van der Waals surface area contributed by atoms with Crippen molar-refractivity contribution in [3.05, 3.63) is 60.2 Å². The van der Waals surface area contributed by atoms with Crippen molar-refractivity contribution in [2.75, 3.05) is 32.1 Å². The fourth-order valence-electron chi connectivity index (χ4n) is 2.17. The lowest BCUT2D eigenvalue weighted by Gasteiger charge is -2.14. The van der Waals surface area contributed by atoms with Gasteiger partial charge >= 0.3 is 6.18 Å². The van der Waals surface area contributed by atoms with E-state index in [1.54, 1.807) is 0 Å². The molecule has 0 saturated carbocycles. The van der Waals surface area contributed by atoms with Crippen LogP contribution >= 0.6 is 0 Å². The van der Waals surface area contributed by atoms with E-state index in [2.05, 4.69) is 5.32 Å². The molecule has 2 aromatic rings. The van der Waals surface area contributed by atoms with Crippen LogP contribution in [0.2, 0.25) is 0 Å². The zero-order valence-electron chi connectivity index (χ0n) is 13.8. The van der Waals surface area contributed by atoms with Crippen molar-refractivity contribution >= 4 is 11.6 Å². The van der Waals surface area contributed by atoms with Crippen LogP contribution in [0.15, 0.2) is 54.6 Å². The highest BCUT2D eigenvalue weighted by atomic mass is 19.4. The van der Waals surface area contributed by atoms with Crippen LogP contribution in [0, 0.1) is 0 Å². The lowest BCUT2D eigenvalue weighted by molar-refractivity contribution is -0.871. The summed E-state index contributed by atoms with van der Waals surface area (Å²) in [5.74, 6) is 0.501. The number of carbonyl (C=O) groups is 1. The normalized spacial score (nSPS) is 12.5. The first-order valence-corrected chi connectivity index (χ1v) is 7.81. The molecule has 0 bridgehead atoms. The number of likely N-dealkylation sites (N-methyl/N-ethyl adjacent to an activating group) is 1. The van der Waals surface area contributed by atoms with Crippen molar-refractivity contribution in [2.45, 2.75) is 6.18 Å². The second-order valence-electron chi connectivity index (χ2n) is 5.67. The number of rotatable bonds is 7. The van der Waals surface area contributed by atoms with Crippen molar-refractivity contribution in [2.24, 2.45) is 0 Å². The molecule has 0 spiro atoms. The van der Waals surface area contributed by atoms with Crippen molar-refractivity contribution in [1.29, 1.82) is 0 Å². The number of ether oxygens (including phenoxy) is 1. The summed E-state index contributed by atoms with van der Waals surface area (Å²) in [5.41, 5.74) is -0.405. The Balaban J connectivity index is 1.73. The standard InChI is InChI=1S/C18H19F3N2O2/c1-23(11-12-25-16-5-3-2-4-6-16)13-17(24)22-15-9-7-14(8-10-15)18(19,20)21/h2-10H,11-13H2,1H3,(H,22,24)/p+1. The molecule has 0 aromatic heterocycles. The van der Waals surface area contributed by atoms with Gasteiger partial charge in [-0.3, -0.25) is 4.79 Å². The average Bonchev–Trinajstić information content (AvgIpc) is 2.55. The van der Waals surface area contributed by atoms with Crippen LogP contribution in [0.5, 0.6) is 5.75 Å². The summed E-state index contributed by atoms with van der Waals surface area (Å²) >= 11 is 0. The predicted molar refractivity (Wildman–Crippen MR) is 88.6 cm³/mol. The lowest BCUT2D eigenvalue weighted by Crippen LogP contribution is -3.10. The molecule has 1 amide bonds. The van der Waals surface area contributed by atoms with Crippen molar-refractivity contribution in [1.82, 2.24) is 0 Å². The Kier molecular flexibility index (Phi) is 6.41. The minimum absolute atomic E-state index is 0.194. The molecule has 2 N–H and O–H groups in total. The quantitative estimate of drug-likeness (QED) is 0.802. The van der Waals surface area contributed by atoms with Gasteiger partial charge in [0, 0.05) is 5.69 Å². The molecular weight excluding hydrogens is 333 g/mol. The van der Waals surface area contributed by atoms with E-state index in [-0.39, 0.29) is 12.5 Å². The predicted octanol–water partition coefficient (Wildman–Crippen LogP) is 2.24. The van der Waals surface area contributed by atoms with Crippen molar-refractivity contribution in [3.63, 3.8) is 0 Å². The van der Waals surface area contributed by atoms with Crippen LogP contribution in [0.4, 0.5) is 18.9 Å². The molecule has 0 aliphatic rings. The summed E-state index contributed by atoms with van der Waals surface area (Å²) in [5, 5.41) is 2.59. The van der Waals surface area contributed by atoms with Gasteiger partial charge in [-0.15, -0.1) is 0 Å². The number of carbonyl (C=O) groups excluding carboxylic acids is 1. The first-order valence-electron chi connectivity index (χ1n) is 7.81. The third-order valence-corrected chi connectivity index (χ3v) is 3.50. The maximum atomic E-state index is 12.5. The Hall–Kier alpha value is -2.54. The zero-order valence-corrected chi connectivity index (χ0v) is 13.8. The number of alkyl halides is 3. The minimum Gasteiger partial charge on any atom is -0.488 e. The Labute approximate surface area is 144 Å². The summed E-state index contributed by atoms with van der Waals surface area (Å²) in [4.78, 5) is 12.9. The molecule has 0 radical (unpaired) electrons. The molecule has 0 fully saturated rings. The van der Waals surface area contributed by atoms with E-state index < -0.39 is 11.7 Å². The summed E-state index contributed by atoms with van der Waals surface area (Å²) < 4.78 is 43.0. The highest BCUT2D eigenvalue weighted by molar-refractivity contribution is 5.91. The minimum atomic E-state index is -4.38. The van der Waals surface area contributed by atoms with Gasteiger partial charge in [0.15, 0.2) is 6.54 Å². The van der Waals surface area contributed by atoms with E-state index in [0.29, 0.717) is 18.8 Å². The van der Waals surface area contributed by atoms with E-state index in [9.17, 15) is 18.0 Å². The first kappa shape index (κ1) is 18.8. The molecule has 1 atom stereocenters. The van der Waals surface area contributed by atoms with Gasteiger partial charge in [0.1, 0.15) is 18.9 Å². The molecule has 0 aliphatic carbocycles. The van der Waals surface area contributed by atoms with Crippen LogP contribution in [0.25, 0.3) is 0 Å². The highest BCUT2D eigenvalue weighted by Gasteiger charge is 2.30. The maximum Gasteiger partial charge on any atom is 0.416 e. The molecule has 0 heterocycles. The van der Waals surface area contributed by atoms with Gasteiger partial charge in [-0.25, -0.2) is 0 Å². The van der Waals surface area contributed by atoms with Gasteiger partial charge in [0.2, 0.25) is 0 Å². The second-order valence-corrected chi connectivity index (χ2v) is 5.67. The summed E-state index contributed by atoms with van der Waals surface area (Å²) in [6, 6.07) is 13.7. The molecule has 0 aliphatic heterocycles. The Bertz CT molecular complexity index is 673. The number of halogens is 3. The zero-order chi connectivity index (χ0) is 18.3. The fourth-order valence-corrected chi connectivity index (χ4v) is 2.17. The van der Waals surface area contributed by atoms with E-state index in [0.717, 1.165) is 22.8 Å². The molecule has 0 saturated heterocycles. The van der Waals surface area contributed by atoms with Crippen molar-refractivity contribution < 1.29 is 27.6 Å². The summed E-state index contributed by atoms with van der Waals surface area (Å²) in [6.45, 7) is 1.28. The van der Waals surface area contributed by atoms with Gasteiger partial charge < -0.3 is 15.0 Å². The number of nitrogens with one attached hydrogen (secondary N) is 2. The molecule has 134 valence electrons. The number of hydrogen-bond donors (Lipinski definition) is 2. The first-order chi connectivity index (χ1) is 11.8. The smallest absolute Gasteiger partial charge is 0.416 e. The Morgan fingerprint density at radius 2 is 1.72 bits per heavy atom. The largest absolute Gasteiger partial charge is 0.488 e. The summed E-state index contributed by atoms with van der Waals surface area (Å²) in [6.07, 6.45) is -4.38. The molecule has 1 unspecified atom stereocenters. The van der Waals surface area contributed by atoms with Crippen LogP contribution in [0.3, 0.4) is 0 Å². The lowest BCUT2D eigenvalue weighted by atomic mass is 10.2. The number of anilines is 1. The van der Waals surface area contributed by atoms with Gasteiger partial charge in [-0.2, -0.15) is 13.2 Å². The average molecular weight is 353 g/mol. The summed E-state index contributed by atoms with van der Waals surface area (Å²) in [7, 11) is 1.85. The molecule has 7 heteroatoms. The molecule has 2 aromatic carbocycles. The van der Waals surface area contributed by atoms with E-state index in [1.807, 2.05) is 37.4 Å². The third kappa shape index (κ3) is 6.46. The number of para-hydroxylation sites is 1. The van der Waals surface area contributed by atoms with Crippen molar-refractivity contribution in [3.8, 4) is 5.75 Å². The number of quaternary nitrogens is 1. The second kappa shape index (κ2) is 8.53. The Morgan fingerprint density at radius 3 is 2.32 bits per heavy atom. The Morgan fingerprint density at radius 1 is 1.08 bits per heavy atom. The SMILES string of the molecule is C[NH+](CCOc1ccccc1)CC(=O)Nc1ccc(C(F)(F)F)cc1. The number of amides is 1. The van der Waals surface area contributed by atoms with Gasteiger partial charge in [0.25, 0.3) is 5.91 Å². The van der Waals surface area contributed by atoms with Crippen LogP contribution in [-0.4, -0.2) is 32.7 Å². The van der Waals surface area contributed by atoms with E-state index in [4.69, 9.17) is 4.74 Å². The molecular formula is C18H20F3N2O2+.